The largest absolute Gasteiger partial charge is 0.497 e. The predicted octanol–water partition coefficient (Wildman–Crippen LogP) is 11.1. The van der Waals surface area contributed by atoms with Gasteiger partial charge in [-0.15, -0.1) is 0 Å². The van der Waals surface area contributed by atoms with E-state index in [1.165, 1.54) is 7.94 Å². The van der Waals surface area contributed by atoms with E-state index in [9.17, 15) is 0 Å². The van der Waals surface area contributed by atoms with Gasteiger partial charge in [0.05, 0.1) is 46.1 Å². The number of hydrogen-bond acceptors (Lipinski definition) is 6. The number of nitrogens with zero attached hydrogens (tertiary/aromatic N) is 2. The third-order valence-electron chi connectivity index (χ3n) is 11.7. The summed E-state index contributed by atoms with van der Waals surface area (Å²) in [6.07, 6.45) is 0. The molecular weight excluding hydrogens is 765 g/mol. The first-order valence-corrected chi connectivity index (χ1v) is 21.8. The van der Waals surface area contributed by atoms with Gasteiger partial charge in [-0.3, -0.25) is 0 Å². The molecule has 58 heavy (non-hydrogen) atoms. The lowest BCUT2D eigenvalue weighted by Gasteiger charge is -2.15. The van der Waals surface area contributed by atoms with E-state index in [0.717, 1.165) is 43.8 Å². The number of fused-ring (bicyclic) bond motifs is 14. The van der Waals surface area contributed by atoms with Crippen molar-refractivity contribution in [3.63, 3.8) is 0 Å². The van der Waals surface area contributed by atoms with Gasteiger partial charge in [-0.2, -0.15) is 0 Å². The number of rotatable bonds is 6. The fraction of sp³-hybridized carbons (Fsp3) is 0.125. The van der Waals surface area contributed by atoms with Gasteiger partial charge in [-0.25, -0.2) is 24.8 Å². The summed E-state index contributed by atoms with van der Waals surface area (Å²) in [4.78, 5) is 0.288. The number of benzene rings is 8. The van der Waals surface area contributed by atoms with Gasteiger partial charge in [-0.05, 0) is 145 Å². The van der Waals surface area contributed by atoms with Crippen LogP contribution >= 0.6 is 0 Å². The molecule has 0 unspecified atom stereocenters. The molecule has 0 saturated heterocycles. The van der Waals surface area contributed by atoms with E-state index in [4.69, 9.17) is 9.47 Å². The third-order valence-corrected chi connectivity index (χ3v) is 15.2. The molecule has 288 valence electrons. The van der Waals surface area contributed by atoms with E-state index in [1.807, 2.05) is 100 Å². The molecule has 0 bridgehead atoms. The van der Waals surface area contributed by atoms with E-state index in [0.29, 0.717) is 65.9 Å². The fourth-order valence-corrected chi connectivity index (χ4v) is 11.8. The van der Waals surface area contributed by atoms with Crippen LogP contribution in [0.25, 0.3) is 75.9 Å². The van der Waals surface area contributed by atoms with Crippen LogP contribution in [0.5, 0.6) is 11.5 Å². The second-order valence-corrected chi connectivity index (χ2v) is 18.8. The highest BCUT2D eigenvalue weighted by atomic mass is 32.2. The van der Waals surface area contributed by atoms with Crippen LogP contribution in [0.1, 0.15) is 22.3 Å². The highest BCUT2D eigenvalue weighted by Crippen LogP contribution is 2.50. The number of hydrogen-bond donors (Lipinski definition) is 0. The Morgan fingerprint density at radius 1 is 0.414 bits per heavy atom. The maximum Gasteiger partial charge on any atom is 0.268 e. The first kappa shape index (κ1) is 36.0. The monoisotopic (exact) mass is 802 g/mol. The standard InChI is InChI=1S/C48H38N2O6S2/c1-27-7-15-35(16-8-27)57(51,52)49-41-21-11-31-25-33(55-5)13-19-37(31)43(41)45-46-44-38-20-14-34(56-6)26-32(38)12-22-42(44)50(58(53,54)36-17-9-28(2)10-18-36)48(46)40-24-30(4)29(3)23-39(40)47(45)49/h7-26H,1-6H3. The second-order valence-electron chi connectivity index (χ2n) is 15.2. The molecule has 0 N–H and O–H groups in total. The molecule has 0 aliphatic carbocycles. The highest BCUT2D eigenvalue weighted by molar-refractivity contribution is 7.90. The molecule has 10 heteroatoms. The maximum atomic E-state index is 15.4. The number of aryl methyl sites for hydroxylation is 4. The zero-order valence-electron chi connectivity index (χ0n) is 32.7. The van der Waals surface area contributed by atoms with Crippen molar-refractivity contribution < 1.29 is 26.3 Å². The van der Waals surface area contributed by atoms with Crippen LogP contribution in [-0.2, 0) is 20.0 Å². The lowest BCUT2D eigenvalue weighted by atomic mass is 9.93. The van der Waals surface area contributed by atoms with E-state index >= 15 is 16.8 Å². The summed E-state index contributed by atoms with van der Waals surface area (Å²) in [5, 5.41) is 7.18. The van der Waals surface area contributed by atoms with Crippen molar-refractivity contribution in [2.75, 3.05) is 14.2 Å². The van der Waals surface area contributed by atoms with Gasteiger partial charge < -0.3 is 9.47 Å². The smallest absolute Gasteiger partial charge is 0.268 e. The average Bonchev–Trinajstić information content (AvgIpc) is 3.76. The summed E-state index contributed by atoms with van der Waals surface area (Å²) in [7, 11) is -5.28. The molecule has 0 spiro atoms. The topological polar surface area (TPSA) is 96.6 Å². The van der Waals surface area contributed by atoms with E-state index in [-0.39, 0.29) is 9.79 Å². The Balaban J connectivity index is 1.58. The van der Waals surface area contributed by atoms with Crippen molar-refractivity contribution in [1.29, 1.82) is 0 Å². The minimum absolute atomic E-state index is 0.144. The van der Waals surface area contributed by atoms with E-state index in [1.54, 1.807) is 62.8 Å². The van der Waals surface area contributed by atoms with Crippen LogP contribution < -0.4 is 9.47 Å². The van der Waals surface area contributed by atoms with Crippen LogP contribution in [0.4, 0.5) is 0 Å². The molecule has 2 aromatic heterocycles. The van der Waals surface area contributed by atoms with Gasteiger partial charge in [0.2, 0.25) is 0 Å². The Hall–Kier alpha value is -6.36. The molecule has 10 rings (SSSR count). The fourth-order valence-electron chi connectivity index (χ4n) is 8.71. The Morgan fingerprint density at radius 3 is 1.16 bits per heavy atom. The van der Waals surface area contributed by atoms with Crippen LogP contribution in [0.15, 0.2) is 131 Å². The Kier molecular flexibility index (Phi) is 7.80. The van der Waals surface area contributed by atoms with Crippen molar-refractivity contribution in [1.82, 2.24) is 7.94 Å². The second kappa shape index (κ2) is 12.6. The van der Waals surface area contributed by atoms with E-state index < -0.39 is 20.0 Å². The predicted molar refractivity (Wildman–Crippen MR) is 235 cm³/mol. The molecule has 0 atom stereocenters. The molecule has 0 aliphatic heterocycles. The molecule has 0 radical (unpaired) electrons. The molecule has 8 aromatic carbocycles. The lowest BCUT2D eigenvalue weighted by Crippen LogP contribution is -2.14. The van der Waals surface area contributed by atoms with Gasteiger partial charge >= 0.3 is 0 Å². The molecule has 2 heterocycles. The van der Waals surface area contributed by atoms with Crippen LogP contribution in [0.2, 0.25) is 0 Å². The molecule has 0 aliphatic rings. The van der Waals surface area contributed by atoms with Gasteiger partial charge in [0, 0.05) is 32.3 Å². The molecular formula is C48H38N2O6S2. The zero-order valence-corrected chi connectivity index (χ0v) is 34.3. The van der Waals surface area contributed by atoms with Crippen molar-refractivity contribution in [3.05, 3.63) is 144 Å². The first-order valence-electron chi connectivity index (χ1n) is 18.9. The van der Waals surface area contributed by atoms with Crippen LogP contribution in [-0.4, -0.2) is 39.0 Å². The zero-order chi connectivity index (χ0) is 40.4. The SMILES string of the molecule is COc1ccc2c(ccc3c2c2c4c5c6ccc(OC)cc6ccc5n(S(=O)(=O)c5ccc(C)cc5)c4c4cc(C)c(C)cc4c2n3S(=O)(=O)c2ccc(C)cc2)c1. The molecule has 10 aromatic rings. The van der Waals surface area contributed by atoms with Crippen molar-refractivity contribution in [2.45, 2.75) is 37.5 Å². The Bertz CT molecular complexity index is 3400. The number of aromatic nitrogens is 2. The number of methoxy groups -OCH3 is 2. The average molecular weight is 803 g/mol. The summed E-state index contributed by atoms with van der Waals surface area (Å²) in [5.74, 6) is 1.32. The minimum atomic E-state index is -4.25. The van der Waals surface area contributed by atoms with Gasteiger partial charge in [0.1, 0.15) is 11.5 Å². The lowest BCUT2D eigenvalue weighted by molar-refractivity contribution is 0.415. The normalized spacial score (nSPS) is 12.6. The molecule has 8 nitrogen and oxygen atoms in total. The van der Waals surface area contributed by atoms with Crippen molar-refractivity contribution >= 4 is 96.0 Å². The van der Waals surface area contributed by atoms with Crippen LogP contribution in [0, 0.1) is 27.7 Å². The minimum Gasteiger partial charge on any atom is -0.497 e. The van der Waals surface area contributed by atoms with Gasteiger partial charge in [-0.1, -0.05) is 47.5 Å². The third kappa shape index (κ3) is 4.98. The maximum absolute atomic E-state index is 15.4. The van der Waals surface area contributed by atoms with E-state index in [2.05, 4.69) is 0 Å². The Labute approximate surface area is 335 Å². The van der Waals surface area contributed by atoms with Crippen LogP contribution in [0.3, 0.4) is 0 Å². The van der Waals surface area contributed by atoms with Crippen molar-refractivity contribution in [3.8, 4) is 11.5 Å². The Morgan fingerprint density at radius 2 is 0.793 bits per heavy atom. The van der Waals surface area contributed by atoms with Crippen molar-refractivity contribution in [2.24, 2.45) is 0 Å². The first-order chi connectivity index (χ1) is 27.8. The summed E-state index contributed by atoms with van der Waals surface area (Å²) in [5.41, 5.74) is 5.65. The summed E-state index contributed by atoms with van der Waals surface area (Å²) < 4.78 is 75.6. The molecule has 0 fully saturated rings. The van der Waals surface area contributed by atoms with Gasteiger partial charge in [0.25, 0.3) is 20.0 Å². The number of ether oxygens (including phenoxy) is 2. The summed E-state index contributed by atoms with van der Waals surface area (Å²) in [6, 6.07) is 36.9. The quantitative estimate of drug-likeness (QED) is 0.166. The highest BCUT2D eigenvalue weighted by Gasteiger charge is 2.33. The van der Waals surface area contributed by atoms with Gasteiger partial charge in [0.15, 0.2) is 0 Å². The molecule has 0 amide bonds. The molecule has 0 saturated carbocycles. The summed E-state index contributed by atoms with van der Waals surface area (Å²) in [6.45, 7) is 7.83. The summed E-state index contributed by atoms with van der Waals surface area (Å²) >= 11 is 0.